The number of nitrogens with one attached hydrogen (secondary N) is 1. The highest BCUT2D eigenvalue weighted by Crippen LogP contribution is 2.37. The average Bonchev–Trinajstić information content (AvgIpc) is 2.44. The topological polar surface area (TPSA) is 55.1 Å². The first-order chi connectivity index (χ1) is 9.67. The lowest BCUT2D eigenvalue weighted by Gasteiger charge is -2.39. The van der Waals surface area contributed by atoms with Crippen LogP contribution >= 0.6 is 0 Å². The third-order valence-electron chi connectivity index (χ3n) is 4.94. The minimum atomic E-state index is -0.601. The quantitative estimate of drug-likeness (QED) is 0.889. The van der Waals surface area contributed by atoms with Crippen molar-refractivity contribution >= 4 is 5.91 Å². The summed E-state index contributed by atoms with van der Waals surface area (Å²) in [6.07, 6.45) is 7.16. The molecule has 0 saturated heterocycles. The molecule has 0 aromatic heterocycles. The van der Waals surface area contributed by atoms with Crippen molar-refractivity contribution < 1.29 is 4.79 Å². The number of nitrogens with two attached hydrogens (primary N) is 1. The molecule has 0 aliphatic heterocycles. The van der Waals surface area contributed by atoms with E-state index in [0.29, 0.717) is 12.0 Å². The lowest BCUT2D eigenvalue weighted by atomic mass is 9.75. The zero-order chi connectivity index (χ0) is 14.0. The van der Waals surface area contributed by atoms with Gasteiger partial charge in [-0.25, -0.2) is 0 Å². The van der Waals surface area contributed by atoms with Gasteiger partial charge in [-0.15, -0.1) is 0 Å². The van der Waals surface area contributed by atoms with Crippen LogP contribution in [0.3, 0.4) is 0 Å². The maximum atomic E-state index is 12.3. The van der Waals surface area contributed by atoms with Crippen LogP contribution in [0.25, 0.3) is 0 Å². The van der Waals surface area contributed by atoms with Gasteiger partial charge in [0.15, 0.2) is 0 Å². The first-order valence-corrected chi connectivity index (χ1v) is 7.82. The van der Waals surface area contributed by atoms with Crippen molar-refractivity contribution in [1.82, 2.24) is 5.32 Å². The maximum absolute atomic E-state index is 12.3. The molecule has 0 bridgehead atoms. The zero-order valence-electron chi connectivity index (χ0n) is 12.0. The van der Waals surface area contributed by atoms with Crippen LogP contribution in [0, 0.1) is 0 Å². The van der Waals surface area contributed by atoms with Gasteiger partial charge in [0.1, 0.15) is 0 Å². The van der Waals surface area contributed by atoms with E-state index in [9.17, 15) is 4.79 Å². The van der Waals surface area contributed by atoms with Crippen LogP contribution in [0.15, 0.2) is 30.3 Å². The van der Waals surface area contributed by atoms with Crippen LogP contribution in [-0.2, 0) is 4.79 Å². The summed E-state index contributed by atoms with van der Waals surface area (Å²) < 4.78 is 0. The van der Waals surface area contributed by atoms with Gasteiger partial charge in [-0.3, -0.25) is 4.79 Å². The fraction of sp³-hybridized carbons (Fsp3) is 0.588. The highest BCUT2D eigenvalue weighted by Gasteiger charge is 2.39. The number of amides is 1. The van der Waals surface area contributed by atoms with E-state index in [-0.39, 0.29) is 5.91 Å². The Hall–Kier alpha value is -1.35. The molecular formula is C17H24N2O. The SMILES string of the molecule is NC1(C(=O)NC2CC(c3ccccc3)C2)CCCCC1. The smallest absolute Gasteiger partial charge is 0.240 e. The molecule has 0 radical (unpaired) electrons. The number of hydrogen-bond acceptors (Lipinski definition) is 2. The molecule has 2 saturated carbocycles. The zero-order valence-corrected chi connectivity index (χ0v) is 12.0. The number of rotatable bonds is 3. The van der Waals surface area contributed by atoms with E-state index >= 15 is 0 Å². The van der Waals surface area contributed by atoms with Crippen molar-refractivity contribution in [3.63, 3.8) is 0 Å². The molecule has 1 aromatic carbocycles. The molecule has 0 heterocycles. The molecule has 3 N–H and O–H groups in total. The molecule has 20 heavy (non-hydrogen) atoms. The summed E-state index contributed by atoms with van der Waals surface area (Å²) in [6, 6.07) is 10.9. The Balaban J connectivity index is 1.50. The number of carbonyl (C=O) groups excluding carboxylic acids is 1. The van der Waals surface area contributed by atoms with Gasteiger partial charge in [-0.05, 0) is 37.2 Å². The summed E-state index contributed by atoms with van der Waals surface area (Å²) in [5.74, 6) is 0.676. The summed E-state index contributed by atoms with van der Waals surface area (Å²) in [5.41, 5.74) is 7.05. The molecule has 108 valence electrons. The molecule has 2 aliphatic rings. The Morgan fingerprint density at radius 3 is 2.40 bits per heavy atom. The van der Waals surface area contributed by atoms with Crippen LogP contribution < -0.4 is 11.1 Å². The first-order valence-electron chi connectivity index (χ1n) is 7.82. The van der Waals surface area contributed by atoms with E-state index in [1.807, 2.05) is 6.07 Å². The average molecular weight is 272 g/mol. The number of carbonyl (C=O) groups is 1. The van der Waals surface area contributed by atoms with E-state index in [1.54, 1.807) is 0 Å². The Morgan fingerprint density at radius 2 is 1.75 bits per heavy atom. The van der Waals surface area contributed by atoms with Gasteiger partial charge in [-0.2, -0.15) is 0 Å². The molecule has 3 heteroatoms. The third-order valence-corrected chi connectivity index (χ3v) is 4.94. The fourth-order valence-electron chi connectivity index (χ4n) is 3.47. The third kappa shape index (κ3) is 2.73. The molecule has 0 unspecified atom stereocenters. The normalized spacial score (nSPS) is 28.4. The second-order valence-electron chi connectivity index (χ2n) is 6.47. The lowest BCUT2D eigenvalue weighted by Crippen LogP contribution is -2.58. The molecule has 2 aliphatic carbocycles. The van der Waals surface area contributed by atoms with Crippen molar-refractivity contribution in [2.24, 2.45) is 5.73 Å². The van der Waals surface area contributed by atoms with Gasteiger partial charge in [-0.1, -0.05) is 49.6 Å². The van der Waals surface area contributed by atoms with Crippen LogP contribution in [-0.4, -0.2) is 17.5 Å². The maximum Gasteiger partial charge on any atom is 0.240 e. The molecular weight excluding hydrogens is 248 g/mol. The minimum Gasteiger partial charge on any atom is -0.352 e. The van der Waals surface area contributed by atoms with Gasteiger partial charge in [0.05, 0.1) is 5.54 Å². The molecule has 0 spiro atoms. The van der Waals surface area contributed by atoms with Gasteiger partial charge in [0.2, 0.25) is 5.91 Å². The van der Waals surface area contributed by atoms with E-state index in [4.69, 9.17) is 5.73 Å². The highest BCUT2D eigenvalue weighted by atomic mass is 16.2. The van der Waals surface area contributed by atoms with E-state index in [2.05, 4.69) is 29.6 Å². The van der Waals surface area contributed by atoms with E-state index in [1.165, 1.54) is 12.0 Å². The summed E-state index contributed by atoms with van der Waals surface area (Å²) in [7, 11) is 0. The summed E-state index contributed by atoms with van der Waals surface area (Å²) in [6.45, 7) is 0. The fourth-order valence-corrected chi connectivity index (χ4v) is 3.47. The molecule has 1 amide bonds. The predicted octanol–water partition coefficient (Wildman–Crippen LogP) is 2.71. The molecule has 2 fully saturated rings. The Morgan fingerprint density at radius 1 is 1.10 bits per heavy atom. The van der Waals surface area contributed by atoms with Crippen molar-refractivity contribution in [3.8, 4) is 0 Å². The van der Waals surface area contributed by atoms with Crippen molar-refractivity contribution in [3.05, 3.63) is 35.9 Å². The van der Waals surface area contributed by atoms with Gasteiger partial charge in [0.25, 0.3) is 0 Å². The minimum absolute atomic E-state index is 0.0775. The number of benzene rings is 1. The van der Waals surface area contributed by atoms with Gasteiger partial charge >= 0.3 is 0 Å². The van der Waals surface area contributed by atoms with Crippen molar-refractivity contribution in [2.75, 3.05) is 0 Å². The standard InChI is InChI=1S/C17H24N2O/c18-17(9-5-2-6-10-17)16(20)19-15-11-14(12-15)13-7-3-1-4-8-13/h1,3-4,7-8,14-15H,2,5-6,9-12,18H2,(H,19,20). The van der Waals surface area contributed by atoms with Crippen LogP contribution in [0.5, 0.6) is 0 Å². The molecule has 3 nitrogen and oxygen atoms in total. The summed E-state index contributed by atoms with van der Waals surface area (Å²) in [4.78, 5) is 12.3. The molecule has 1 aromatic rings. The van der Waals surface area contributed by atoms with Crippen LogP contribution in [0.1, 0.15) is 56.4 Å². The first kappa shape index (κ1) is 13.6. The predicted molar refractivity (Wildman–Crippen MR) is 80.4 cm³/mol. The van der Waals surface area contributed by atoms with Gasteiger partial charge in [0, 0.05) is 6.04 Å². The largest absolute Gasteiger partial charge is 0.352 e. The van der Waals surface area contributed by atoms with E-state index in [0.717, 1.165) is 38.5 Å². The monoisotopic (exact) mass is 272 g/mol. The Kier molecular flexibility index (Phi) is 3.79. The highest BCUT2D eigenvalue weighted by molar-refractivity contribution is 5.86. The van der Waals surface area contributed by atoms with Crippen molar-refractivity contribution in [1.29, 1.82) is 0 Å². The van der Waals surface area contributed by atoms with E-state index < -0.39 is 5.54 Å². The summed E-state index contributed by atoms with van der Waals surface area (Å²) >= 11 is 0. The number of hydrogen-bond donors (Lipinski definition) is 2. The van der Waals surface area contributed by atoms with Gasteiger partial charge < -0.3 is 11.1 Å². The summed E-state index contributed by atoms with van der Waals surface area (Å²) in [5, 5.41) is 3.16. The van der Waals surface area contributed by atoms with Crippen LogP contribution in [0.2, 0.25) is 0 Å². The molecule has 3 rings (SSSR count). The second-order valence-corrected chi connectivity index (χ2v) is 6.47. The lowest BCUT2D eigenvalue weighted by molar-refractivity contribution is -0.128. The second kappa shape index (κ2) is 5.57. The van der Waals surface area contributed by atoms with Crippen LogP contribution in [0.4, 0.5) is 0 Å². The van der Waals surface area contributed by atoms with Crippen molar-refractivity contribution in [2.45, 2.75) is 62.4 Å². The molecule has 0 atom stereocenters. The Labute approximate surface area is 120 Å². The Bertz CT molecular complexity index is 459.